The van der Waals surface area contributed by atoms with Crippen LogP contribution in [-0.2, 0) is 0 Å². The summed E-state index contributed by atoms with van der Waals surface area (Å²) in [5.41, 5.74) is 0.936. The first-order chi connectivity index (χ1) is 7.81. The Labute approximate surface area is 99.3 Å². The minimum absolute atomic E-state index is 0.189. The van der Waals surface area contributed by atoms with E-state index in [1.807, 2.05) is 24.3 Å². The number of carbonyl (C=O) groups excluding carboxylic acids is 1. The Morgan fingerprint density at radius 2 is 2.12 bits per heavy atom. The summed E-state index contributed by atoms with van der Waals surface area (Å²) >= 11 is 1.50. The van der Waals surface area contributed by atoms with Crippen LogP contribution in [0.2, 0.25) is 0 Å². The Morgan fingerprint density at radius 1 is 1.31 bits per heavy atom. The Hall–Kier alpha value is -1.22. The Balaban J connectivity index is 2.11. The molecule has 0 saturated carbocycles. The van der Waals surface area contributed by atoms with Gasteiger partial charge in [-0.15, -0.1) is 11.3 Å². The molecule has 16 heavy (non-hydrogen) atoms. The molecular weight excluding hydrogens is 218 g/mol. The molecule has 0 amide bonds. The third-order valence-electron chi connectivity index (χ3n) is 2.54. The molecule has 1 aromatic heterocycles. The van der Waals surface area contributed by atoms with Gasteiger partial charge in [-0.3, -0.25) is 4.79 Å². The number of fused-ring (bicyclic) bond motifs is 1. The summed E-state index contributed by atoms with van der Waals surface area (Å²) in [6, 6.07) is 7.89. The van der Waals surface area contributed by atoms with Gasteiger partial charge in [0.05, 0.1) is 10.2 Å². The summed E-state index contributed by atoms with van der Waals surface area (Å²) in [6.07, 6.45) is 3.88. The van der Waals surface area contributed by atoms with Crippen LogP contribution in [-0.4, -0.2) is 10.8 Å². The summed E-state index contributed by atoms with van der Waals surface area (Å²) in [6.45, 7) is 2.14. The average Bonchev–Trinajstić information content (AvgIpc) is 2.73. The number of aromatic nitrogens is 1. The van der Waals surface area contributed by atoms with Crippen molar-refractivity contribution in [3.8, 4) is 0 Å². The molecule has 0 unspecified atom stereocenters. The van der Waals surface area contributed by atoms with E-state index in [0.717, 1.165) is 29.5 Å². The van der Waals surface area contributed by atoms with Gasteiger partial charge in [-0.05, 0) is 18.6 Å². The van der Waals surface area contributed by atoms with Gasteiger partial charge in [0.2, 0.25) is 0 Å². The smallest absolute Gasteiger partial charge is 0.191 e. The van der Waals surface area contributed by atoms with E-state index in [1.54, 1.807) is 0 Å². The first kappa shape index (κ1) is 11.3. The molecule has 0 aliphatic carbocycles. The molecule has 0 aliphatic rings. The molecule has 0 fully saturated rings. The third-order valence-corrected chi connectivity index (χ3v) is 3.62. The lowest BCUT2D eigenvalue weighted by Crippen LogP contribution is -1.97. The molecule has 3 heteroatoms. The Kier molecular flexibility index (Phi) is 3.67. The maximum absolute atomic E-state index is 11.8. The number of benzene rings is 1. The summed E-state index contributed by atoms with van der Waals surface area (Å²) in [5.74, 6) is 0.189. The SMILES string of the molecule is CCCCCC(=O)c1nc2ccccc2s1. The molecule has 0 atom stereocenters. The monoisotopic (exact) mass is 233 g/mol. The molecule has 84 valence electrons. The van der Waals surface area contributed by atoms with E-state index < -0.39 is 0 Å². The fourth-order valence-corrected chi connectivity index (χ4v) is 2.57. The molecule has 2 aromatic rings. The van der Waals surface area contributed by atoms with E-state index in [4.69, 9.17) is 0 Å². The number of nitrogens with zero attached hydrogens (tertiary/aromatic N) is 1. The van der Waals surface area contributed by atoms with Gasteiger partial charge < -0.3 is 0 Å². The molecular formula is C13H15NOS. The molecule has 0 bridgehead atoms. The van der Waals surface area contributed by atoms with Crippen molar-refractivity contribution in [1.82, 2.24) is 4.98 Å². The molecule has 0 saturated heterocycles. The lowest BCUT2D eigenvalue weighted by molar-refractivity contribution is 0.0979. The second-order valence-electron chi connectivity index (χ2n) is 3.87. The number of ketones is 1. The minimum Gasteiger partial charge on any atom is -0.292 e. The van der Waals surface area contributed by atoms with E-state index in [2.05, 4.69) is 11.9 Å². The Morgan fingerprint density at radius 3 is 2.88 bits per heavy atom. The van der Waals surface area contributed by atoms with E-state index in [0.29, 0.717) is 11.4 Å². The van der Waals surface area contributed by atoms with Crippen molar-refractivity contribution in [2.24, 2.45) is 0 Å². The van der Waals surface area contributed by atoms with Crippen LogP contribution in [0.15, 0.2) is 24.3 Å². The maximum atomic E-state index is 11.8. The highest BCUT2D eigenvalue weighted by Crippen LogP contribution is 2.22. The Bertz CT molecular complexity index is 456. The highest BCUT2D eigenvalue weighted by molar-refractivity contribution is 7.20. The van der Waals surface area contributed by atoms with E-state index >= 15 is 0 Å². The van der Waals surface area contributed by atoms with E-state index in [-0.39, 0.29) is 5.78 Å². The standard InChI is InChI=1S/C13H15NOS/c1-2-3-4-8-11(15)13-14-10-7-5-6-9-12(10)16-13/h5-7,9H,2-4,8H2,1H3. The molecule has 0 spiro atoms. The second-order valence-corrected chi connectivity index (χ2v) is 4.90. The van der Waals surface area contributed by atoms with Crippen molar-refractivity contribution < 1.29 is 4.79 Å². The van der Waals surface area contributed by atoms with Crippen LogP contribution in [0.4, 0.5) is 0 Å². The fraction of sp³-hybridized carbons (Fsp3) is 0.385. The predicted octanol–water partition coefficient (Wildman–Crippen LogP) is 4.06. The largest absolute Gasteiger partial charge is 0.292 e. The molecule has 1 aromatic carbocycles. The normalized spacial score (nSPS) is 10.8. The third kappa shape index (κ3) is 2.47. The van der Waals surface area contributed by atoms with Crippen molar-refractivity contribution in [1.29, 1.82) is 0 Å². The van der Waals surface area contributed by atoms with Crippen LogP contribution in [0.25, 0.3) is 10.2 Å². The average molecular weight is 233 g/mol. The number of para-hydroxylation sites is 1. The van der Waals surface area contributed by atoms with Gasteiger partial charge in [-0.25, -0.2) is 4.98 Å². The quantitative estimate of drug-likeness (QED) is 0.576. The number of unbranched alkanes of at least 4 members (excludes halogenated alkanes) is 2. The van der Waals surface area contributed by atoms with Gasteiger partial charge in [-0.2, -0.15) is 0 Å². The predicted molar refractivity (Wildman–Crippen MR) is 68.1 cm³/mol. The van der Waals surface area contributed by atoms with Crippen molar-refractivity contribution in [2.45, 2.75) is 32.6 Å². The first-order valence-electron chi connectivity index (χ1n) is 5.70. The van der Waals surface area contributed by atoms with Gasteiger partial charge >= 0.3 is 0 Å². The first-order valence-corrected chi connectivity index (χ1v) is 6.51. The van der Waals surface area contributed by atoms with Crippen molar-refractivity contribution in [2.75, 3.05) is 0 Å². The summed E-state index contributed by atoms with van der Waals surface area (Å²) in [4.78, 5) is 16.2. The highest BCUT2D eigenvalue weighted by Gasteiger charge is 2.11. The topological polar surface area (TPSA) is 30.0 Å². The van der Waals surface area contributed by atoms with Crippen LogP contribution in [0.3, 0.4) is 0 Å². The molecule has 0 N–H and O–H groups in total. The van der Waals surface area contributed by atoms with E-state index in [9.17, 15) is 4.79 Å². The number of thiazole rings is 1. The number of hydrogen-bond donors (Lipinski definition) is 0. The van der Waals surface area contributed by atoms with Gasteiger partial charge in [0.15, 0.2) is 10.8 Å². The fourth-order valence-electron chi connectivity index (χ4n) is 1.63. The van der Waals surface area contributed by atoms with Crippen LogP contribution in [0.1, 0.15) is 42.4 Å². The van der Waals surface area contributed by atoms with Crippen LogP contribution in [0, 0.1) is 0 Å². The molecule has 0 aliphatic heterocycles. The van der Waals surface area contributed by atoms with E-state index in [1.165, 1.54) is 11.3 Å². The number of rotatable bonds is 5. The van der Waals surface area contributed by atoms with Crippen LogP contribution < -0.4 is 0 Å². The van der Waals surface area contributed by atoms with Crippen molar-refractivity contribution in [3.63, 3.8) is 0 Å². The molecule has 2 nitrogen and oxygen atoms in total. The van der Waals surface area contributed by atoms with Crippen molar-refractivity contribution >= 4 is 27.3 Å². The lowest BCUT2D eigenvalue weighted by Gasteiger charge is -1.94. The van der Waals surface area contributed by atoms with Gasteiger partial charge in [0, 0.05) is 6.42 Å². The van der Waals surface area contributed by atoms with Crippen LogP contribution >= 0.6 is 11.3 Å². The zero-order chi connectivity index (χ0) is 11.4. The summed E-state index contributed by atoms with van der Waals surface area (Å²) in [5, 5.41) is 0.664. The maximum Gasteiger partial charge on any atom is 0.191 e. The highest BCUT2D eigenvalue weighted by atomic mass is 32.1. The van der Waals surface area contributed by atoms with Gasteiger partial charge in [0.25, 0.3) is 0 Å². The number of Topliss-reactive ketones (excluding diaryl/α,β-unsaturated/α-hetero) is 1. The van der Waals surface area contributed by atoms with Gasteiger partial charge in [-0.1, -0.05) is 31.9 Å². The molecule has 2 rings (SSSR count). The minimum atomic E-state index is 0.189. The zero-order valence-corrected chi connectivity index (χ0v) is 10.2. The zero-order valence-electron chi connectivity index (χ0n) is 9.40. The number of carbonyl (C=O) groups is 1. The number of hydrogen-bond acceptors (Lipinski definition) is 3. The molecule has 1 heterocycles. The summed E-state index contributed by atoms with van der Waals surface area (Å²) in [7, 11) is 0. The van der Waals surface area contributed by atoms with Gasteiger partial charge in [0.1, 0.15) is 0 Å². The lowest BCUT2D eigenvalue weighted by atomic mass is 10.1. The summed E-state index contributed by atoms with van der Waals surface area (Å²) < 4.78 is 1.10. The van der Waals surface area contributed by atoms with Crippen LogP contribution in [0.5, 0.6) is 0 Å². The second kappa shape index (κ2) is 5.21. The van der Waals surface area contributed by atoms with Crippen molar-refractivity contribution in [3.05, 3.63) is 29.3 Å². The molecule has 0 radical (unpaired) electrons.